The summed E-state index contributed by atoms with van der Waals surface area (Å²) >= 11 is 0. The fourth-order valence-electron chi connectivity index (χ4n) is 2.34. The standard InChI is InChI=1S/C17H21N5O/c1-9-6-16(21-3)15(20)8-12(9)17(23)22-11-4-5-14(19)13(7-11)10(2)18/h4-8,18,21H,19-20H2,1-3H3,(H,22,23). The number of nitrogens with one attached hydrogen (secondary N) is 3. The Morgan fingerprint density at radius 1 is 1.09 bits per heavy atom. The predicted octanol–water partition coefficient (Wildman–Crippen LogP) is 2.84. The van der Waals surface area contributed by atoms with E-state index in [-0.39, 0.29) is 5.91 Å². The smallest absolute Gasteiger partial charge is 0.256 e. The Morgan fingerprint density at radius 2 is 1.78 bits per heavy atom. The van der Waals surface area contributed by atoms with E-state index < -0.39 is 0 Å². The van der Waals surface area contributed by atoms with E-state index in [1.165, 1.54) is 0 Å². The molecule has 2 aromatic rings. The van der Waals surface area contributed by atoms with Crippen molar-refractivity contribution in [2.24, 2.45) is 0 Å². The molecule has 0 radical (unpaired) electrons. The maximum Gasteiger partial charge on any atom is 0.256 e. The zero-order valence-corrected chi connectivity index (χ0v) is 13.4. The molecule has 0 atom stereocenters. The Bertz CT molecular complexity index is 783. The third-order valence-corrected chi connectivity index (χ3v) is 3.63. The van der Waals surface area contributed by atoms with E-state index in [2.05, 4.69) is 10.6 Å². The van der Waals surface area contributed by atoms with E-state index in [1.54, 1.807) is 38.2 Å². The highest BCUT2D eigenvalue weighted by Crippen LogP contribution is 2.24. The third-order valence-electron chi connectivity index (χ3n) is 3.63. The maximum absolute atomic E-state index is 12.5. The highest BCUT2D eigenvalue weighted by atomic mass is 16.1. The summed E-state index contributed by atoms with van der Waals surface area (Å²) in [5, 5.41) is 13.5. The third kappa shape index (κ3) is 3.42. The van der Waals surface area contributed by atoms with Crippen molar-refractivity contribution in [2.75, 3.05) is 29.1 Å². The van der Waals surface area contributed by atoms with Crippen LogP contribution in [0.2, 0.25) is 0 Å². The highest BCUT2D eigenvalue weighted by molar-refractivity contribution is 6.08. The van der Waals surface area contributed by atoms with Crippen LogP contribution in [-0.2, 0) is 0 Å². The SMILES string of the molecule is CNc1cc(C)c(C(=O)Nc2ccc(N)c(C(C)=N)c2)cc1N. The van der Waals surface area contributed by atoms with Gasteiger partial charge in [-0.15, -0.1) is 0 Å². The van der Waals surface area contributed by atoms with Crippen LogP contribution in [-0.4, -0.2) is 18.7 Å². The second kappa shape index (κ2) is 6.39. The molecule has 2 aromatic carbocycles. The number of carbonyl (C=O) groups excluding carboxylic acids is 1. The van der Waals surface area contributed by atoms with E-state index in [0.29, 0.717) is 33.9 Å². The van der Waals surface area contributed by atoms with Gasteiger partial charge < -0.3 is 27.5 Å². The van der Waals surface area contributed by atoms with Crippen molar-refractivity contribution in [3.05, 3.63) is 47.0 Å². The largest absolute Gasteiger partial charge is 0.398 e. The molecule has 6 heteroatoms. The van der Waals surface area contributed by atoms with Gasteiger partial charge in [0.2, 0.25) is 0 Å². The van der Waals surface area contributed by atoms with Crippen molar-refractivity contribution in [1.29, 1.82) is 5.41 Å². The Balaban J connectivity index is 2.31. The number of benzene rings is 2. The summed E-state index contributed by atoms with van der Waals surface area (Å²) in [6.45, 7) is 3.50. The van der Waals surface area contributed by atoms with Gasteiger partial charge in [-0.3, -0.25) is 4.79 Å². The van der Waals surface area contributed by atoms with Crippen LogP contribution >= 0.6 is 0 Å². The second-order valence-electron chi connectivity index (χ2n) is 5.39. The molecule has 0 saturated carbocycles. The monoisotopic (exact) mass is 311 g/mol. The zero-order valence-electron chi connectivity index (χ0n) is 13.4. The van der Waals surface area contributed by atoms with E-state index in [9.17, 15) is 4.79 Å². The molecular formula is C17H21N5O. The quantitative estimate of drug-likeness (QED) is 0.441. The van der Waals surface area contributed by atoms with Crippen LogP contribution in [0.15, 0.2) is 30.3 Å². The van der Waals surface area contributed by atoms with Crippen LogP contribution in [0.1, 0.15) is 28.4 Å². The second-order valence-corrected chi connectivity index (χ2v) is 5.39. The summed E-state index contributed by atoms with van der Waals surface area (Å²) in [5.41, 5.74) is 16.4. The van der Waals surface area contributed by atoms with Crippen molar-refractivity contribution < 1.29 is 4.79 Å². The molecule has 0 spiro atoms. The number of carbonyl (C=O) groups is 1. The molecule has 0 aliphatic rings. The van der Waals surface area contributed by atoms with E-state index >= 15 is 0 Å². The fraction of sp³-hybridized carbons (Fsp3) is 0.176. The van der Waals surface area contributed by atoms with E-state index in [1.807, 2.05) is 13.0 Å². The lowest BCUT2D eigenvalue weighted by molar-refractivity contribution is 0.102. The van der Waals surface area contributed by atoms with Crippen molar-refractivity contribution in [3.63, 3.8) is 0 Å². The molecule has 0 fully saturated rings. The van der Waals surface area contributed by atoms with Gasteiger partial charge >= 0.3 is 0 Å². The first-order chi connectivity index (χ1) is 10.8. The van der Waals surface area contributed by atoms with Gasteiger partial charge in [-0.25, -0.2) is 0 Å². The molecule has 0 heterocycles. The number of amides is 1. The number of hydrogen-bond acceptors (Lipinski definition) is 5. The van der Waals surface area contributed by atoms with Gasteiger partial charge in [-0.05, 0) is 49.7 Å². The molecule has 23 heavy (non-hydrogen) atoms. The van der Waals surface area contributed by atoms with Gasteiger partial charge in [0.1, 0.15) is 0 Å². The maximum atomic E-state index is 12.5. The van der Waals surface area contributed by atoms with Crippen LogP contribution in [0, 0.1) is 12.3 Å². The first kappa shape index (κ1) is 16.4. The minimum atomic E-state index is -0.254. The first-order valence-corrected chi connectivity index (χ1v) is 7.17. The van der Waals surface area contributed by atoms with Crippen molar-refractivity contribution in [2.45, 2.75) is 13.8 Å². The first-order valence-electron chi connectivity index (χ1n) is 7.17. The van der Waals surface area contributed by atoms with Crippen molar-refractivity contribution >= 4 is 34.4 Å². The lowest BCUT2D eigenvalue weighted by Crippen LogP contribution is -2.15. The number of rotatable bonds is 4. The summed E-state index contributed by atoms with van der Waals surface area (Å²) < 4.78 is 0. The summed E-state index contributed by atoms with van der Waals surface area (Å²) in [6, 6.07) is 8.56. The minimum absolute atomic E-state index is 0.254. The zero-order chi connectivity index (χ0) is 17.1. The van der Waals surface area contributed by atoms with Gasteiger partial charge in [0.15, 0.2) is 0 Å². The molecule has 0 aromatic heterocycles. The normalized spacial score (nSPS) is 10.2. The van der Waals surface area contributed by atoms with Gasteiger partial charge in [-0.2, -0.15) is 0 Å². The van der Waals surface area contributed by atoms with Crippen molar-refractivity contribution in [3.8, 4) is 0 Å². The Kier molecular flexibility index (Phi) is 4.55. The van der Waals surface area contributed by atoms with Crippen LogP contribution in [0.3, 0.4) is 0 Å². The highest BCUT2D eigenvalue weighted by Gasteiger charge is 2.13. The van der Waals surface area contributed by atoms with Crippen molar-refractivity contribution in [1.82, 2.24) is 0 Å². The number of aryl methyl sites for hydroxylation is 1. The number of nitrogens with two attached hydrogens (primary N) is 2. The van der Waals surface area contributed by atoms with Gasteiger partial charge in [-0.1, -0.05) is 0 Å². The average molecular weight is 311 g/mol. The molecule has 7 N–H and O–H groups in total. The lowest BCUT2D eigenvalue weighted by atomic mass is 10.0. The summed E-state index contributed by atoms with van der Waals surface area (Å²) in [7, 11) is 1.78. The van der Waals surface area contributed by atoms with E-state index in [4.69, 9.17) is 16.9 Å². The topological polar surface area (TPSA) is 117 Å². The number of anilines is 4. The van der Waals surface area contributed by atoms with Crippen LogP contribution in [0.4, 0.5) is 22.7 Å². The molecule has 0 bridgehead atoms. The molecule has 0 unspecified atom stereocenters. The summed E-state index contributed by atoms with van der Waals surface area (Å²) in [4.78, 5) is 12.5. The number of hydrogen-bond donors (Lipinski definition) is 5. The van der Waals surface area contributed by atoms with Gasteiger partial charge in [0.05, 0.1) is 11.4 Å². The minimum Gasteiger partial charge on any atom is -0.398 e. The lowest BCUT2D eigenvalue weighted by Gasteiger charge is -2.13. The van der Waals surface area contributed by atoms with Crippen LogP contribution in [0.5, 0.6) is 0 Å². The molecule has 1 amide bonds. The van der Waals surface area contributed by atoms with E-state index in [0.717, 1.165) is 11.3 Å². The fourth-order valence-corrected chi connectivity index (χ4v) is 2.34. The molecule has 120 valence electrons. The summed E-state index contributed by atoms with van der Waals surface area (Å²) in [6.07, 6.45) is 0. The molecule has 6 nitrogen and oxygen atoms in total. The van der Waals surface area contributed by atoms with Gasteiger partial charge in [0, 0.05) is 35.3 Å². The summed E-state index contributed by atoms with van der Waals surface area (Å²) in [5.74, 6) is -0.254. The molecule has 0 aliphatic heterocycles. The Labute approximate surface area is 135 Å². The number of nitrogen functional groups attached to an aromatic ring is 2. The Morgan fingerprint density at radius 3 is 2.39 bits per heavy atom. The average Bonchev–Trinajstić information content (AvgIpc) is 2.50. The molecular weight excluding hydrogens is 290 g/mol. The molecule has 2 rings (SSSR count). The molecule has 0 saturated heterocycles. The molecule has 0 aliphatic carbocycles. The Hall–Kier alpha value is -3.02. The van der Waals surface area contributed by atoms with Gasteiger partial charge in [0.25, 0.3) is 5.91 Å². The van der Waals surface area contributed by atoms with Crippen LogP contribution in [0.25, 0.3) is 0 Å². The van der Waals surface area contributed by atoms with Crippen LogP contribution < -0.4 is 22.1 Å². The predicted molar refractivity (Wildman–Crippen MR) is 96.4 cm³/mol.